The minimum Gasteiger partial charge on any atom is -0.456 e. The van der Waals surface area contributed by atoms with Crippen LogP contribution in [0.5, 0.6) is 11.5 Å². The Morgan fingerprint density at radius 1 is 0.434 bits per heavy atom. The van der Waals surface area contributed by atoms with Crippen molar-refractivity contribution < 1.29 is 9.84 Å². The van der Waals surface area contributed by atoms with Gasteiger partial charge >= 0.3 is 0 Å². The molecule has 53 heavy (non-hydrogen) atoms. The first-order valence-corrected chi connectivity index (χ1v) is 18.1. The van der Waals surface area contributed by atoms with Crippen molar-refractivity contribution in [1.29, 1.82) is 0 Å². The average molecular weight is 685 g/mol. The lowest BCUT2D eigenvalue weighted by molar-refractivity contribution is 0.190. The molecule has 0 bridgehead atoms. The molecular weight excluding hydrogens is 649 g/mol. The van der Waals surface area contributed by atoms with Gasteiger partial charge in [-0.2, -0.15) is 0 Å². The fourth-order valence-electron chi connectivity index (χ4n) is 8.41. The maximum atomic E-state index is 11.9. The van der Waals surface area contributed by atoms with Crippen molar-refractivity contribution >= 4 is 34.8 Å². The standard InChI is InChI=1S/C49H36N2O2/c1-31-29-42-39(36-19-7-5-17-34(36)33-16-4-3-15-32(31)33)23-13-27-47(42)53-48-28-14-24-40-37-20-8-6-18-35(37)38-21-9-10-22-41(38)46(30-43(40)48)51-45-26-12-11-25-44(45)50(2)49(51)52/h3-30,49,52H,1-2H3/b31-29?,32-31-,34-33-,38-35-,39-36-,40-37-,42-29+,43-30+,46-30?,46-41+. The number of para-hydroxylation sites is 2. The van der Waals surface area contributed by atoms with Gasteiger partial charge in [-0.15, -0.1) is 0 Å². The number of fused-ring (bicyclic) bond motifs is 7. The second-order valence-electron chi connectivity index (χ2n) is 13.9. The van der Waals surface area contributed by atoms with E-state index < -0.39 is 6.35 Å². The summed E-state index contributed by atoms with van der Waals surface area (Å²) in [7, 11) is 1.94. The molecule has 1 N–H and O–H groups in total. The minimum atomic E-state index is -0.900. The Morgan fingerprint density at radius 2 is 0.830 bits per heavy atom. The van der Waals surface area contributed by atoms with Crippen molar-refractivity contribution in [2.75, 3.05) is 16.8 Å². The lowest BCUT2D eigenvalue weighted by Gasteiger charge is -2.27. The van der Waals surface area contributed by atoms with Gasteiger partial charge in [-0.3, -0.25) is 4.90 Å². The third kappa shape index (κ3) is 4.87. The first-order valence-electron chi connectivity index (χ1n) is 18.1. The molecule has 7 aromatic rings. The summed E-state index contributed by atoms with van der Waals surface area (Å²) >= 11 is 0. The Hall–Kier alpha value is -6.62. The molecule has 1 atom stereocenters. The second-order valence-corrected chi connectivity index (χ2v) is 13.9. The summed E-state index contributed by atoms with van der Waals surface area (Å²) in [5.74, 6) is 1.51. The third-order valence-electron chi connectivity index (χ3n) is 10.9. The van der Waals surface area contributed by atoms with Gasteiger partial charge in [0.25, 0.3) is 0 Å². The molecular formula is C49H36N2O2. The zero-order valence-corrected chi connectivity index (χ0v) is 29.5. The number of aliphatic hydroxyl groups excluding tert-OH is 1. The molecule has 0 aromatic heterocycles. The highest BCUT2D eigenvalue weighted by molar-refractivity contribution is 5.94. The summed E-state index contributed by atoms with van der Waals surface area (Å²) in [6.07, 6.45) is 3.58. The maximum Gasteiger partial charge on any atom is 0.212 e. The van der Waals surface area contributed by atoms with Gasteiger partial charge in [0, 0.05) is 22.7 Å². The summed E-state index contributed by atoms with van der Waals surface area (Å²) in [4.78, 5) is 3.96. The van der Waals surface area contributed by atoms with Crippen LogP contribution in [0.3, 0.4) is 0 Å². The molecule has 0 spiro atoms. The average Bonchev–Trinajstić information content (AvgIpc) is 3.45. The van der Waals surface area contributed by atoms with E-state index in [2.05, 4.69) is 165 Å². The molecule has 1 aliphatic heterocycles. The van der Waals surface area contributed by atoms with Crippen LogP contribution in [0.2, 0.25) is 0 Å². The molecule has 254 valence electrons. The van der Waals surface area contributed by atoms with Crippen LogP contribution in [0.1, 0.15) is 6.92 Å². The normalized spacial score (nSPS) is 21.1. The summed E-state index contributed by atoms with van der Waals surface area (Å²) in [5.41, 5.74) is 3.98. The molecule has 0 saturated carbocycles. The number of hydrogen-bond donors (Lipinski definition) is 1. The lowest BCUT2D eigenvalue weighted by Crippen LogP contribution is -2.42. The van der Waals surface area contributed by atoms with Gasteiger partial charge in [-0.25, -0.2) is 0 Å². The van der Waals surface area contributed by atoms with E-state index in [1.165, 1.54) is 26.4 Å². The summed E-state index contributed by atoms with van der Waals surface area (Å²) in [6.45, 7) is 2.19. The Balaban J connectivity index is 1.33. The second kappa shape index (κ2) is 12.3. The van der Waals surface area contributed by atoms with Gasteiger partial charge in [0.2, 0.25) is 6.35 Å². The number of benzene rings is 7. The monoisotopic (exact) mass is 684 g/mol. The third-order valence-corrected chi connectivity index (χ3v) is 10.9. The minimum absolute atomic E-state index is 0.736. The van der Waals surface area contributed by atoms with Gasteiger partial charge < -0.3 is 14.7 Å². The zero-order valence-electron chi connectivity index (χ0n) is 29.5. The predicted octanol–water partition coefficient (Wildman–Crippen LogP) is 6.73. The molecule has 0 amide bonds. The van der Waals surface area contributed by atoms with Gasteiger partial charge in [0.15, 0.2) is 0 Å². The Kier molecular flexibility index (Phi) is 7.20. The fourth-order valence-corrected chi connectivity index (χ4v) is 8.41. The Bertz CT molecular complexity index is 3340. The quantitative estimate of drug-likeness (QED) is 0.224. The molecule has 0 saturated heterocycles. The van der Waals surface area contributed by atoms with Crippen LogP contribution in [0.4, 0.5) is 11.4 Å². The van der Waals surface area contributed by atoms with Crippen molar-refractivity contribution in [2.45, 2.75) is 13.3 Å². The van der Waals surface area contributed by atoms with Crippen molar-refractivity contribution in [3.8, 4) is 11.5 Å². The zero-order chi connectivity index (χ0) is 35.6. The number of ether oxygens (including phenoxy) is 1. The van der Waals surface area contributed by atoms with Crippen LogP contribution < -0.4 is 35.4 Å². The number of rotatable bonds is 3. The molecule has 1 heterocycles. The van der Waals surface area contributed by atoms with Crippen LogP contribution in [0.15, 0.2) is 158 Å². The smallest absolute Gasteiger partial charge is 0.212 e. The van der Waals surface area contributed by atoms with Gasteiger partial charge in [0.05, 0.1) is 17.1 Å². The van der Waals surface area contributed by atoms with Gasteiger partial charge in [-0.05, 0) is 95.9 Å². The van der Waals surface area contributed by atoms with Crippen molar-refractivity contribution in [3.63, 3.8) is 0 Å². The first-order chi connectivity index (χ1) is 26.1. The van der Waals surface area contributed by atoms with Crippen molar-refractivity contribution in [1.82, 2.24) is 0 Å². The molecule has 1 unspecified atom stereocenters. The highest BCUT2D eigenvalue weighted by atomic mass is 16.5. The van der Waals surface area contributed by atoms with E-state index in [4.69, 9.17) is 4.74 Å². The summed E-state index contributed by atoms with van der Waals surface area (Å²) in [5, 5.41) is 25.3. The van der Waals surface area contributed by atoms with Crippen LogP contribution in [-0.2, 0) is 0 Å². The highest BCUT2D eigenvalue weighted by Gasteiger charge is 2.34. The van der Waals surface area contributed by atoms with E-state index in [0.717, 1.165) is 70.3 Å². The fraction of sp³-hybridized carbons (Fsp3) is 0.0612. The molecule has 7 aromatic carbocycles. The van der Waals surface area contributed by atoms with Crippen molar-refractivity contribution in [3.05, 3.63) is 220 Å². The van der Waals surface area contributed by atoms with Crippen LogP contribution in [0, 0.1) is 41.7 Å². The van der Waals surface area contributed by atoms with E-state index in [1.807, 2.05) is 29.0 Å². The summed E-state index contributed by atoms with van der Waals surface area (Å²) in [6, 6.07) is 55.2. The van der Waals surface area contributed by atoms with Crippen LogP contribution in [-0.4, -0.2) is 18.5 Å². The van der Waals surface area contributed by atoms with E-state index in [9.17, 15) is 5.11 Å². The van der Waals surface area contributed by atoms with Crippen LogP contribution in [0.25, 0.3) is 23.4 Å². The molecule has 4 heteroatoms. The molecule has 4 nitrogen and oxygen atoms in total. The lowest BCUT2D eigenvalue weighted by atomic mass is 10.0. The SMILES string of the molecule is CC1=c2\cccc\c2=c2/cccc/c2=c2\cccc(Oc3cccc4/c3=C\C(N3c5ccccc5N(C)C3O)=c3\cccc\c3=c3/cccc/c3=4)\c2=C\1. The highest BCUT2D eigenvalue weighted by Crippen LogP contribution is 2.40. The van der Waals surface area contributed by atoms with Gasteiger partial charge in [-0.1, -0.05) is 133 Å². The molecule has 10 rings (SSSR count). The number of anilines is 2. The predicted molar refractivity (Wildman–Crippen MR) is 213 cm³/mol. The first kappa shape index (κ1) is 31.1. The molecule has 0 radical (unpaired) electrons. The summed E-state index contributed by atoms with van der Waals surface area (Å²) < 4.78 is 7.17. The number of hydrogen-bond acceptors (Lipinski definition) is 4. The number of aliphatic hydroxyl groups is 1. The Labute approximate surface area is 305 Å². The van der Waals surface area contributed by atoms with E-state index in [-0.39, 0.29) is 0 Å². The molecule has 3 aliphatic rings. The molecule has 0 fully saturated rings. The largest absolute Gasteiger partial charge is 0.456 e. The maximum absolute atomic E-state index is 11.9. The Morgan fingerprint density at radius 3 is 1.40 bits per heavy atom. The van der Waals surface area contributed by atoms with Gasteiger partial charge in [0.1, 0.15) is 11.5 Å². The van der Waals surface area contributed by atoms with E-state index >= 15 is 0 Å². The topological polar surface area (TPSA) is 35.9 Å². The van der Waals surface area contributed by atoms with Crippen LogP contribution >= 0.6 is 0 Å². The van der Waals surface area contributed by atoms with E-state index in [1.54, 1.807) is 0 Å². The molecule has 2 aliphatic carbocycles. The van der Waals surface area contributed by atoms with Crippen molar-refractivity contribution in [2.24, 2.45) is 0 Å². The number of nitrogens with zero attached hydrogens (tertiary/aromatic N) is 2. The van der Waals surface area contributed by atoms with E-state index in [0.29, 0.717) is 0 Å².